The summed E-state index contributed by atoms with van der Waals surface area (Å²) in [4.78, 5) is 3.49. The van der Waals surface area contributed by atoms with Crippen LogP contribution in [0, 0.1) is 0 Å². The molecule has 4 nitrogen and oxygen atoms in total. The molecule has 0 spiro atoms. The average molecular weight is 349 g/mol. The van der Waals surface area contributed by atoms with Crippen LogP contribution in [0.3, 0.4) is 0 Å². The van der Waals surface area contributed by atoms with Crippen LogP contribution >= 0.6 is 11.6 Å². The Morgan fingerprint density at radius 2 is 1.87 bits per heavy atom. The Balaban J connectivity index is 1.60. The summed E-state index contributed by atoms with van der Waals surface area (Å²) in [6, 6.07) is 14.1. The molecule has 0 bridgehead atoms. The van der Waals surface area contributed by atoms with Gasteiger partial charge in [0.25, 0.3) is 0 Å². The van der Waals surface area contributed by atoms with Crippen molar-refractivity contribution < 1.29 is 8.42 Å². The van der Waals surface area contributed by atoms with Gasteiger partial charge in [0, 0.05) is 28.7 Å². The molecule has 120 valence electrons. The van der Waals surface area contributed by atoms with Crippen molar-refractivity contribution in [1.82, 2.24) is 9.71 Å². The van der Waals surface area contributed by atoms with Gasteiger partial charge in [-0.2, -0.15) is 0 Å². The number of rotatable bonds is 6. The van der Waals surface area contributed by atoms with Gasteiger partial charge in [0.2, 0.25) is 10.0 Å². The van der Waals surface area contributed by atoms with E-state index >= 15 is 0 Å². The van der Waals surface area contributed by atoms with E-state index in [1.54, 1.807) is 30.3 Å². The molecule has 0 amide bonds. The van der Waals surface area contributed by atoms with Crippen LogP contribution in [-0.2, 0) is 16.4 Å². The van der Waals surface area contributed by atoms with Gasteiger partial charge < -0.3 is 4.98 Å². The highest BCUT2D eigenvalue weighted by atomic mass is 35.5. The zero-order chi connectivity index (χ0) is 16.3. The molecule has 2 aromatic carbocycles. The molecule has 3 aromatic rings. The third-order valence-electron chi connectivity index (χ3n) is 3.70. The van der Waals surface area contributed by atoms with Crippen molar-refractivity contribution in [3.8, 4) is 0 Å². The highest BCUT2D eigenvalue weighted by Gasteiger charge is 2.12. The summed E-state index contributed by atoms with van der Waals surface area (Å²) in [5.41, 5.74) is 2.18. The van der Waals surface area contributed by atoms with Crippen LogP contribution in [0.5, 0.6) is 0 Å². The molecule has 3 rings (SSSR count). The van der Waals surface area contributed by atoms with Gasteiger partial charge in [0.15, 0.2) is 0 Å². The molecule has 6 heteroatoms. The number of aromatic nitrogens is 1. The predicted octanol–water partition coefficient (Wildman–Crippen LogP) is 3.73. The lowest BCUT2D eigenvalue weighted by atomic mass is 10.1. The first kappa shape index (κ1) is 16.1. The maximum absolute atomic E-state index is 12.1. The minimum absolute atomic E-state index is 0.291. The van der Waals surface area contributed by atoms with Gasteiger partial charge in [-0.05, 0) is 48.7 Å². The van der Waals surface area contributed by atoms with E-state index in [9.17, 15) is 8.42 Å². The van der Waals surface area contributed by atoms with Crippen molar-refractivity contribution in [2.24, 2.45) is 0 Å². The fraction of sp³-hybridized carbons (Fsp3) is 0.176. The van der Waals surface area contributed by atoms with Crippen LogP contribution in [0.4, 0.5) is 0 Å². The number of H-pyrrole nitrogens is 1. The fourth-order valence-corrected chi connectivity index (χ4v) is 3.79. The third kappa shape index (κ3) is 3.75. The molecule has 0 saturated heterocycles. The Bertz CT molecular complexity index is 905. The number of aryl methyl sites for hydroxylation is 1. The average Bonchev–Trinajstić information content (AvgIpc) is 2.95. The SMILES string of the molecule is O=S(=O)(NCCCc1c[nH]c2ccc(Cl)cc12)c1ccccc1. The molecule has 23 heavy (non-hydrogen) atoms. The second-order valence-corrected chi connectivity index (χ2v) is 7.52. The van der Waals surface area contributed by atoms with Crippen LogP contribution in [0.15, 0.2) is 59.6 Å². The van der Waals surface area contributed by atoms with E-state index in [2.05, 4.69) is 9.71 Å². The summed E-state index contributed by atoms with van der Waals surface area (Å²) in [5.74, 6) is 0. The van der Waals surface area contributed by atoms with E-state index in [1.165, 1.54) is 0 Å². The molecule has 2 N–H and O–H groups in total. The van der Waals surface area contributed by atoms with Gasteiger partial charge in [-0.1, -0.05) is 29.8 Å². The van der Waals surface area contributed by atoms with Crippen molar-refractivity contribution in [1.29, 1.82) is 0 Å². The Hall–Kier alpha value is -1.82. The second-order valence-electron chi connectivity index (χ2n) is 5.32. The number of nitrogens with one attached hydrogen (secondary N) is 2. The van der Waals surface area contributed by atoms with Gasteiger partial charge in [-0.3, -0.25) is 0 Å². The highest BCUT2D eigenvalue weighted by Crippen LogP contribution is 2.23. The molecule has 0 aliphatic heterocycles. The summed E-state index contributed by atoms with van der Waals surface area (Å²) < 4.78 is 26.9. The molecule has 0 fully saturated rings. The predicted molar refractivity (Wildman–Crippen MR) is 93.3 cm³/mol. The van der Waals surface area contributed by atoms with Crippen molar-refractivity contribution in [2.45, 2.75) is 17.7 Å². The maximum atomic E-state index is 12.1. The van der Waals surface area contributed by atoms with E-state index in [4.69, 9.17) is 11.6 Å². The van der Waals surface area contributed by atoms with Crippen molar-refractivity contribution >= 4 is 32.5 Å². The monoisotopic (exact) mass is 348 g/mol. The Morgan fingerprint density at radius 3 is 2.65 bits per heavy atom. The van der Waals surface area contributed by atoms with Crippen LogP contribution in [-0.4, -0.2) is 19.9 Å². The summed E-state index contributed by atoms with van der Waals surface area (Å²) >= 11 is 6.03. The number of fused-ring (bicyclic) bond motifs is 1. The fourth-order valence-electron chi connectivity index (χ4n) is 2.53. The van der Waals surface area contributed by atoms with E-state index in [1.807, 2.05) is 24.4 Å². The molecule has 1 aromatic heterocycles. The lowest BCUT2D eigenvalue weighted by Crippen LogP contribution is -2.25. The lowest BCUT2D eigenvalue weighted by molar-refractivity contribution is 0.579. The number of halogens is 1. The molecule has 0 saturated carbocycles. The summed E-state index contributed by atoms with van der Waals surface area (Å²) in [5, 5.41) is 1.78. The number of hydrogen-bond acceptors (Lipinski definition) is 2. The molecular formula is C17H17ClN2O2S. The van der Waals surface area contributed by atoms with Gasteiger partial charge in [0.05, 0.1) is 4.90 Å². The zero-order valence-corrected chi connectivity index (χ0v) is 14.0. The summed E-state index contributed by atoms with van der Waals surface area (Å²) in [6.45, 7) is 0.393. The van der Waals surface area contributed by atoms with Crippen LogP contribution < -0.4 is 4.72 Å². The highest BCUT2D eigenvalue weighted by molar-refractivity contribution is 7.89. The molecule has 0 unspecified atom stereocenters. The molecular weight excluding hydrogens is 332 g/mol. The Kier molecular flexibility index (Phi) is 4.71. The topological polar surface area (TPSA) is 62.0 Å². The van der Waals surface area contributed by atoms with Gasteiger partial charge in [-0.25, -0.2) is 13.1 Å². The summed E-state index contributed by atoms with van der Waals surface area (Å²) in [7, 11) is -3.43. The second kappa shape index (κ2) is 6.74. The van der Waals surface area contributed by atoms with Crippen LogP contribution in [0.25, 0.3) is 10.9 Å². The Labute approximate surface area is 140 Å². The van der Waals surface area contributed by atoms with E-state index < -0.39 is 10.0 Å². The first-order chi connectivity index (χ1) is 11.1. The lowest BCUT2D eigenvalue weighted by Gasteiger charge is -2.06. The molecule has 0 aliphatic rings. The normalized spacial score (nSPS) is 11.9. The molecule has 0 radical (unpaired) electrons. The van der Waals surface area contributed by atoms with Crippen molar-refractivity contribution in [3.63, 3.8) is 0 Å². The van der Waals surface area contributed by atoms with Crippen molar-refractivity contribution in [3.05, 3.63) is 65.3 Å². The maximum Gasteiger partial charge on any atom is 0.240 e. The minimum atomic E-state index is -3.43. The molecule has 0 aliphatic carbocycles. The number of hydrogen-bond donors (Lipinski definition) is 2. The minimum Gasteiger partial charge on any atom is -0.361 e. The first-order valence-corrected chi connectivity index (χ1v) is 9.22. The number of aromatic amines is 1. The molecule has 1 heterocycles. The number of benzene rings is 2. The number of sulfonamides is 1. The van der Waals surface area contributed by atoms with Gasteiger partial charge >= 0.3 is 0 Å². The van der Waals surface area contributed by atoms with Crippen molar-refractivity contribution in [2.75, 3.05) is 6.54 Å². The van der Waals surface area contributed by atoms with Gasteiger partial charge in [0.1, 0.15) is 0 Å². The quantitative estimate of drug-likeness (QED) is 0.667. The smallest absolute Gasteiger partial charge is 0.240 e. The van der Waals surface area contributed by atoms with E-state index in [0.29, 0.717) is 22.9 Å². The van der Waals surface area contributed by atoms with Gasteiger partial charge in [-0.15, -0.1) is 0 Å². The largest absolute Gasteiger partial charge is 0.361 e. The van der Waals surface area contributed by atoms with Crippen LogP contribution in [0.2, 0.25) is 5.02 Å². The summed E-state index contributed by atoms with van der Waals surface area (Å²) in [6.07, 6.45) is 3.44. The van der Waals surface area contributed by atoms with Crippen LogP contribution in [0.1, 0.15) is 12.0 Å². The Morgan fingerprint density at radius 1 is 1.09 bits per heavy atom. The third-order valence-corrected chi connectivity index (χ3v) is 5.41. The van der Waals surface area contributed by atoms with E-state index in [0.717, 1.165) is 22.9 Å². The zero-order valence-electron chi connectivity index (χ0n) is 12.4. The molecule has 0 atom stereocenters. The standard InChI is InChI=1S/C17H17ClN2O2S/c18-14-8-9-17-16(11-14)13(12-19-17)5-4-10-20-23(21,22)15-6-2-1-3-7-15/h1-3,6-9,11-12,19-20H,4-5,10H2. The van der Waals surface area contributed by atoms with E-state index in [-0.39, 0.29) is 0 Å². The first-order valence-electron chi connectivity index (χ1n) is 7.36.